The fraction of sp³-hybridized carbons (Fsp3) is 0.0435. The number of benzene rings is 8. The molecule has 9 aromatic rings. The van der Waals surface area contributed by atoms with Crippen LogP contribution in [0.25, 0.3) is 43.5 Å². The first-order valence-electron chi connectivity index (χ1n) is 16.7. The van der Waals surface area contributed by atoms with Crippen molar-refractivity contribution >= 4 is 77.6 Å². The van der Waals surface area contributed by atoms with Gasteiger partial charge < -0.3 is 14.2 Å². The molecule has 0 N–H and O–H groups in total. The third-order valence-corrected chi connectivity index (χ3v) is 9.42. The highest BCUT2D eigenvalue weighted by atomic mass is 16.3. The Morgan fingerprint density at radius 2 is 0.735 bits per heavy atom. The number of para-hydroxylation sites is 2. The van der Waals surface area contributed by atoms with Crippen molar-refractivity contribution in [3.8, 4) is 0 Å². The van der Waals surface area contributed by atoms with Gasteiger partial charge in [-0.15, -0.1) is 0 Å². The summed E-state index contributed by atoms with van der Waals surface area (Å²) >= 11 is 0. The van der Waals surface area contributed by atoms with Crippen LogP contribution in [-0.4, -0.2) is 0 Å². The average molecular weight is 631 g/mol. The molecule has 0 bridgehead atoms. The highest BCUT2D eigenvalue weighted by Gasteiger charge is 2.17. The van der Waals surface area contributed by atoms with Crippen LogP contribution in [-0.2, 0) is 0 Å². The predicted molar refractivity (Wildman–Crippen MR) is 208 cm³/mol. The van der Waals surface area contributed by atoms with Gasteiger partial charge in [0.05, 0.1) is 0 Å². The quantitative estimate of drug-likeness (QED) is 0.182. The van der Waals surface area contributed by atoms with Crippen molar-refractivity contribution in [3.63, 3.8) is 0 Å². The lowest BCUT2D eigenvalue weighted by Gasteiger charge is -2.26. The van der Waals surface area contributed by atoms with E-state index in [1.165, 1.54) is 21.9 Å². The second kappa shape index (κ2) is 11.7. The van der Waals surface area contributed by atoms with Crippen LogP contribution >= 0.6 is 0 Å². The van der Waals surface area contributed by atoms with E-state index in [0.717, 1.165) is 66.8 Å². The Hall–Kier alpha value is -6.32. The number of fused-ring (bicyclic) bond motifs is 5. The molecule has 8 aromatic carbocycles. The summed E-state index contributed by atoms with van der Waals surface area (Å²) in [6, 6.07) is 60.8. The topological polar surface area (TPSA) is 19.6 Å². The van der Waals surface area contributed by atoms with Crippen molar-refractivity contribution < 1.29 is 4.42 Å². The van der Waals surface area contributed by atoms with Gasteiger partial charge in [-0.25, -0.2) is 0 Å². The maximum absolute atomic E-state index is 6.61. The monoisotopic (exact) mass is 630 g/mol. The first-order chi connectivity index (χ1) is 24.1. The van der Waals surface area contributed by atoms with Gasteiger partial charge in [0.1, 0.15) is 11.2 Å². The lowest BCUT2D eigenvalue weighted by Crippen LogP contribution is -2.09. The molecule has 0 radical (unpaired) electrons. The normalized spacial score (nSPS) is 11.5. The van der Waals surface area contributed by atoms with Crippen molar-refractivity contribution in [1.29, 1.82) is 0 Å². The molecule has 1 heterocycles. The van der Waals surface area contributed by atoms with E-state index in [2.05, 4.69) is 194 Å². The number of anilines is 6. The number of rotatable bonds is 6. The molecule has 1 aromatic heterocycles. The Bertz CT molecular complexity index is 2460. The van der Waals surface area contributed by atoms with Gasteiger partial charge in [0.2, 0.25) is 0 Å². The molecule has 0 aliphatic rings. The summed E-state index contributed by atoms with van der Waals surface area (Å²) in [6.07, 6.45) is 0. The van der Waals surface area contributed by atoms with Gasteiger partial charge in [0.15, 0.2) is 0 Å². The molecule has 0 fully saturated rings. The minimum absolute atomic E-state index is 0.891. The Kier molecular flexibility index (Phi) is 6.91. The number of nitrogens with zero attached hydrogens (tertiary/aromatic N) is 2. The second-order valence-electron chi connectivity index (χ2n) is 12.9. The van der Waals surface area contributed by atoms with Gasteiger partial charge in [0, 0.05) is 44.9 Å². The van der Waals surface area contributed by atoms with Crippen LogP contribution in [0.1, 0.15) is 11.1 Å². The zero-order valence-corrected chi connectivity index (χ0v) is 27.5. The highest BCUT2D eigenvalue weighted by Crippen LogP contribution is 2.41. The SMILES string of the molecule is Cc1cccc(N(c2ccccc2)c2ccc3cc4c(cc3c2)oc2cc3cc(N(c5ccccc5)c5cccc(C)c5)ccc3cc24)c1. The van der Waals surface area contributed by atoms with Gasteiger partial charge in [-0.1, -0.05) is 72.8 Å². The zero-order chi connectivity index (χ0) is 32.9. The molecule has 0 saturated heterocycles. The average Bonchev–Trinajstić information content (AvgIpc) is 3.46. The summed E-state index contributed by atoms with van der Waals surface area (Å²) in [4.78, 5) is 4.63. The summed E-state index contributed by atoms with van der Waals surface area (Å²) < 4.78 is 6.61. The molecule has 0 unspecified atom stereocenters. The molecule has 49 heavy (non-hydrogen) atoms. The van der Waals surface area contributed by atoms with Gasteiger partial charge >= 0.3 is 0 Å². The van der Waals surface area contributed by atoms with E-state index in [1.807, 2.05) is 0 Å². The second-order valence-corrected chi connectivity index (χ2v) is 12.9. The number of aryl methyl sites for hydroxylation is 2. The first-order valence-corrected chi connectivity index (χ1v) is 16.7. The Balaban J connectivity index is 1.16. The van der Waals surface area contributed by atoms with Crippen molar-refractivity contribution in [2.45, 2.75) is 13.8 Å². The summed E-state index contributed by atoms with van der Waals surface area (Å²) in [7, 11) is 0. The van der Waals surface area contributed by atoms with E-state index in [0.29, 0.717) is 0 Å². The van der Waals surface area contributed by atoms with Crippen LogP contribution in [0.4, 0.5) is 34.1 Å². The van der Waals surface area contributed by atoms with Crippen molar-refractivity contribution in [2.24, 2.45) is 0 Å². The minimum Gasteiger partial charge on any atom is -0.456 e. The molecular weight excluding hydrogens is 597 g/mol. The van der Waals surface area contributed by atoms with Crippen LogP contribution < -0.4 is 9.80 Å². The van der Waals surface area contributed by atoms with Crippen molar-refractivity contribution in [2.75, 3.05) is 9.80 Å². The predicted octanol–water partition coefficient (Wildman–Crippen LogP) is 13.4. The summed E-state index contributed by atoms with van der Waals surface area (Å²) in [5, 5.41) is 6.91. The van der Waals surface area contributed by atoms with Gasteiger partial charge in [0.25, 0.3) is 0 Å². The molecule has 0 amide bonds. The molecular formula is C46H34N2O. The fourth-order valence-corrected chi connectivity index (χ4v) is 7.10. The van der Waals surface area contributed by atoms with E-state index in [9.17, 15) is 0 Å². The summed E-state index contributed by atoms with van der Waals surface area (Å²) in [6.45, 7) is 4.28. The van der Waals surface area contributed by atoms with Crippen LogP contribution in [0.5, 0.6) is 0 Å². The van der Waals surface area contributed by atoms with E-state index in [-0.39, 0.29) is 0 Å². The molecule has 0 atom stereocenters. The van der Waals surface area contributed by atoms with Crippen molar-refractivity contribution in [3.05, 3.63) is 181 Å². The molecule has 0 aliphatic carbocycles. The number of hydrogen-bond acceptors (Lipinski definition) is 3. The third-order valence-electron chi connectivity index (χ3n) is 9.42. The first kappa shape index (κ1) is 28.9. The van der Waals surface area contributed by atoms with Crippen LogP contribution in [0.15, 0.2) is 174 Å². The zero-order valence-electron chi connectivity index (χ0n) is 27.5. The minimum atomic E-state index is 0.891. The third kappa shape index (κ3) is 5.26. The van der Waals surface area contributed by atoms with Crippen LogP contribution in [0.2, 0.25) is 0 Å². The molecule has 3 heteroatoms. The smallest absolute Gasteiger partial charge is 0.136 e. The van der Waals surface area contributed by atoms with Gasteiger partial charge in [-0.05, 0) is 144 Å². The summed E-state index contributed by atoms with van der Waals surface area (Å²) in [5.41, 5.74) is 11.0. The van der Waals surface area contributed by atoms with Crippen molar-refractivity contribution in [1.82, 2.24) is 0 Å². The Morgan fingerprint density at radius 1 is 0.327 bits per heavy atom. The lowest BCUT2D eigenvalue weighted by atomic mass is 10.0. The molecule has 3 nitrogen and oxygen atoms in total. The maximum atomic E-state index is 6.61. The summed E-state index contributed by atoms with van der Waals surface area (Å²) in [5.74, 6) is 0. The fourth-order valence-electron chi connectivity index (χ4n) is 7.10. The lowest BCUT2D eigenvalue weighted by molar-refractivity contribution is 0.670. The van der Waals surface area contributed by atoms with Crippen LogP contribution in [0.3, 0.4) is 0 Å². The molecule has 0 aliphatic heterocycles. The Labute approximate surface area is 285 Å². The largest absolute Gasteiger partial charge is 0.456 e. The standard InChI is InChI=1S/C46H34N2O/c1-31-11-9-17-39(23-31)47(37-13-5-3-6-14-37)41-21-19-33-27-43-44-28-34-20-22-42(26-36(34)30-46(44)49-45(43)29-35(33)25-41)48(38-15-7-4-8-16-38)40-18-10-12-32(2)24-40/h3-30H,1-2H3. The molecule has 0 saturated carbocycles. The van der Waals surface area contributed by atoms with E-state index < -0.39 is 0 Å². The highest BCUT2D eigenvalue weighted by molar-refractivity contribution is 6.14. The molecule has 0 spiro atoms. The van der Waals surface area contributed by atoms with Gasteiger partial charge in [-0.3, -0.25) is 0 Å². The van der Waals surface area contributed by atoms with Gasteiger partial charge in [-0.2, -0.15) is 0 Å². The maximum Gasteiger partial charge on any atom is 0.136 e. The van der Waals surface area contributed by atoms with Crippen LogP contribution in [0, 0.1) is 13.8 Å². The van der Waals surface area contributed by atoms with E-state index in [4.69, 9.17) is 4.42 Å². The Morgan fingerprint density at radius 3 is 1.16 bits per heavy atom. The molecule has 9 rings (SSSR count). The van der Waals surface area contributed by atoms with E-state index >= 15 is 0 Å². The molecule has 234 valence electrons. The number of furan rings is 1. The number of hydrogen-bond donors (Lipinski definition) is 0. The van der Waals surface area contributed by atoms with E-state index in [1.54, 1.807) is 0 Å².